The van der Waals surface area contributed by atoms with Gasteiger partial charge in [-0.05, 0) is 48.3 Å². The highest BCUT2D eigenvalue weighted by molar-refractivity contribution is 5.81. The van der Waals surface area contributed by atoms with E-state index in [9.17, 15) is 13.6 Å². The maximum Gasteiger partial charge on any atom is 0.226 e. The van der Waals surface area contributed by atoms with E-state index in [-0.39, 0.29) is 42.1 Å². The molecule has 1 aliphatic heterocycles. The van der Waals surface area contributed by atoms with Gasteiger partial charge in [-0.3, -0.25) is 4.79 Å². The zero-order valence-corrected chi connectivity index (χ0v) is 13.9. The largest absolute Gasteiger partial charge is 0.384 e. The van der Waals surface area contributed by atoms with Gasteiger partial charge in [-0.15, -0.1) is 0 Å². The number of ether oxygens (including phenoxy) is 1. The van der Waals surface area contributed by atoms with Crippen molar-refractivity contribution in [1.82, 2.24) is 4.90 Å². The number of fused-ring (bicyclic) bond motifs is 1. The second-order valence-electron chi connectivity index (χ2n) is 7.81. The number of likely N-dealkylation sites (tertiary alicyclic amines) is 1. The van der Waals surface area contributed by atoms with E-state index in [4.69, 9.17) is 4.74 Å². The molecule has 1 aromatic carbocycles. The molecule has 3 saturated carbocycles. The fraction of sp³-hybridized carbons (Fsp3) is 0.632. The van der Waals surface area contributed by atoms with Crippen LogP contribution in [0.25, 0.3) is 0 Å². The van der Waals surface area contributed by atoms with Gasteiger partial charge in [0.25, 0.3) is 0 Å². The first-order valence-corrected chi connectivity index (χ1v) is 8.70. The van der Waals surface area contributed by atoms with E-state index >= 15 is 0 Å². The molecule has 1 saturated heterocycles. The van der Waals surface area contributed by atoms with Gasteiger partial charge in [-0.1, -0.05) is 12.1 Å². The Hall–Kier alpha value is -1.49. The van der Waals surface area contributed by atoms with Crippen LogP contribution >= 0.6 is 0 Å². The highest BCUT2D eigenvalue weighted by atomic mass is 19.1. The number of hydrogen-bond donors (Lipinski definition) is 0. The van der Waals surface area contributed by atoms with Crippen molar-refractivity contribution in [3.05, 3.63) is 35.6 Å². The van der Waals surface area contributed by atoms with Crippen LogP contribution in [0.15, 0.2) is 24.3 Å². The standard InChI is InChI=1S/C19H23F2NO2/c1-24-11-19-7-13(8-19)16(9-19)18(23)22-10-15(21)6-17(22)12-3-2-4-14(20)5-12/h2-5,13,15-17H,6-11H2,1H3/t13?,15?,16-,17?,19?/m0/s1. The van der Waals surface area contributed by atoms with Gasteiger partial charge in [0.05, 0.1) is 19.2 Å². The Morgan fingerprint density at radius 1 is 1.38 bits per heavy atom. The van der Waals surface area contributed by atoms with Crippen LogP contribution in [0, 0.1) is 23.1 Å². The average molecular weight is 335 g/mol. The lowest BCUT2D eigenvalue weighted by atomic mass is 9.70. The molecule has 0 spiro atoms. The summed E-state index contributed by atoms with van der Waals surface area (Å²) in [6, 6.07) is 5.85. The number of benzene rings is 1. The van der Waals surface area contributed by atoms with Gasteiger partial charge in [0.2, 0.25) is 5.91 Å². The third kappa shape index (κ3) is 2.53. The second kappa shape index (κ2) is 5.80. The first-order valence-electron chi connectivity index (χ1n) is 8.70. The number of carbonyl (C=O) groups is 1. The maximum absolute atomic E-state index is 14.1. The predicted octanol–water partition coefficient (Wildman–Crippen LogP) is 3.50. The fourth-order valence-electron chi connectivity index (χ4n) is 5.18. The van der Waals surface area contributed by atoms with Crippen LogP contribution in [-0.4, -0.2) is 37.2 Å². The van der Waals surface area contributed by atoms with E-state index < -0.39 is 6.17 Å². The molecule has 5 rings (SSSR count). The van der Waals surface area contributed by atoms with Crippen molar-refractivity contribution in [2.45, 2.75) is 37.9 Å². The highest BCUT2D eigenvalue weighted by Gasteiger charge is 2.59. The first-order chi connectivity index (χ1) is 11.5. The Balaban J connectivity index is 1.53. The molecule has 2 bridgehead atoms. The molecule has 0 N–H and O–H groups in total. The average Bonchev–Trinajstić information content (AvgIpc) is 3.17. The summed E-state index contributed by atoms with van der Waals surface area (Å²) in [6.45, 7) is 0.826. The summed E-state index contributed by atoms with van der Waals surface area (Å²) >= 11 is 0. The topological polar surface area (TPSA) is 29.5 Å². The molecule has 3 nitrogen and oxygen atoms in total. The smallest absolute Gasteiger partial charge is 0.226 e. The van der Waals surface area contributed by atoms with Gasteiger partial charge in [0, 0.05) is 19.4 Å². The van der Waals surface area contributed by atoms with E-state index in [1.807, 2.05) is 0 Å². The van der Waals surface area contributed by atoms with Crippen molar-refractivity contribution in [1.29, 1.82) is 0 Å². The molecule has 4 aliphatic rings. The number of methoxy groups -OCH3 is 1. The third-order valence-corrected chi connectivity index (χ3v) is 6.15. The van der Waals surface area contributed by atoms with Gasteiger partial charge in [-0.2, -0.15) is 0 Å². The van der Waals surface area contributed by atoms with Crippen molar-refractivity contribution < 1.29 is 18.3 Å². The van der Waals surface area contributed by atoms with Crippen molar-refractivity contribution in [2.24, 2.45) is 17.3 Å². The predicted molar refractivity (Wildman–Crippen MR) is 85.5 cm³/mol. The summed E-state index contributed by atoms with van der Waals surface area (Å²) < 4.78 is 32.9. The number of alkyl halides is 1. The lowest BCUT2D eigenvalue weighted by Gasteiger charge is -2.38. The van der Waals surface area contributed by atoms with Gasteiger partial charge in [-0.25, -0.2) is 8.78 Å². The zero-order chi connectivity index (χ0) is 16.9. The Kier molecular flexibility index (Phi) is 3.87. The van der Waals surface area contributed by atoms with Crippen LogP contribution in [0.3, 0.4) is 0 Å². The fourth-order valence-corrected chi connectivity index (χ4v) is 5.18. The van der Waals surface area contributed by atoms with Crippen molar-refractivity contribution in [3.63, 3.8) is 0 Å². The zero-order valence-electron chi connectivity index (χ0n) is 13.9. The van der Waals surface area contributed by atoms with Crippen molar-refractivity contribution in [2.75, 3.05) is 20.3 Å². The minimum atomic E-state index is -1.04. The number of carbonyl (C=O) groups excluding carboxylic acids is 1. The molecule has 130 valence electrons. The SMILES string of the molecule is COCC12CC(C1)[C@@H](C(=O)N1CC(F)CC1c1cccc(F)c1)C2. The molecule has 1 aromatic rings. The van der Waals surface area contributed by atoms with Crippen LogP contribution < -0.4 is 0 Å². The summed E-state index contributed by atoms with van der Waals surface area (Å²) in [5, 5.41) is 0. The lowest BCUT2D eigenvalue weighted by molar-refractivity contribution is -0.137. The molecule has 3 atom stereocenters. The van der Waals surface area contributed by atoms with Crippen LogP contribution in [0.5, 0.6) is 0 Å². The van der Waals surface area contributed by atoms with E-state index in [1.54, 1.807) is 24.1 Å². The monoisotopic (exact) mass is 335 g/mol. The van der Waals surface area contributed by atoms with Gasteiger partial charge in [0.15, 0.2) is 0 Å². The lowest BCUT2D eigenvalue weighted by Crippen LogP contribution is -2.38. The first kappa shape index (κ1) is 16.0. The highest BCUT2D eigenvalue weighted by Crippen LogP contribution is 2.62. The van der Waals surface area contributed by atoms with Crippen molar-refractivity contribution >= 4 is 5.91 Å². The van der Waals surface area contributed by atoms with Crippen LogP contribution in [0.4, 0.5) is 8.78 Å². The van der Waals surface area contributed by atoms with Crippen molar-refractivity contribution in [3.8, 4) is 0 Å². The van der Waals surface area contributed by atoms with Gasteiger partial charge in [0.1, 0.15) is 12.0 Å². The quantitative estimate of drug-likeness (QED) is 0.843. The Bertz CT molecular complexity index is 644. The summed E-state index contributed by atoms with van der Waals surface area (Å²) in [5.74, 6) is 0.0789. The molecule has 3 aliphatic carbocycles. The number of nitrogens with zero attached hydrogens (tertiary/aromatic N) is 1. The van der Waals surface area contributed by atoms with Crippen LogP contribution in [0.1, 0.15) is 37.3 Å². The van der Waals surface area contributed by atoms with Gasteiger partial charge >= 0.3 is 0 Å². The van der Waals surface area contributed by atoms with E-state index in [2.05, 4.69) is 0 Å². The van der Waals surface area contributed by atoms with Crippen LogP contribution in [0.2, 0.25) is 0 Å². The number of amides is 1. The second-order valence-corrected chi connectivity index (χ2v) is 7.81. The third-order valence-electron chi connectivity index (χ3n) is 6.15. The number of halogens is 2. The normalized spacial score (nSPS) is 37.5. The molecule has 5 heteroatoms. The van der Waals surface area contributed by atoms with E-state index in [0.29, 0.717) is 18.1 Å². The molecule has 1 amide bonds. The molecule has 4 fully saturated rings. The molecule has 0 aromatic heterocycles. The summed E-state index contributed by atoms with van der Waals surface area (Å²) in [7, 11) is 1.70. The van der Waals surface area contributed by atoms with E-state index in [1.165, 1.54) is 12.1 Å². The summed E-state index contributed by atoms with van der Waals surface area (Å²) in [6.07, 6.45) is 2.14. The Morgan fingerprint density at radius 3 is 2.88 bits per heavy atom. The molecule has 1 heterocycles. The Morgan fingerprint density at radius 2 is 2.17 bits per heavy atom. The molecule has 2 unspecified atom stereocenters. The summed E-state index contributed by atoms with van der Waals surface area (Å²) in [4.78, 5) is 14.7. The minimum Gasteiger partial charge on any atom is -0.384 e. The molecular weight excluding hydrogens is 312 g/mol. The molecule has 24 heavy (non-hydrogen) atoms. The van der Waals surface area contributed by atoms with Crippen LogP contribution in [-0.2, 0) is 9.53 Å². The summed E-state index contributed by atoms with van der Waals surface area (Å²) in [5.41, 5.74) is 0.851. The maximum atomic E-state index is 14.1. The van der Waals surface area contributed by atoms with Gasteiger partial charge < -0.3 is 9.64 Å². The molecular formula is C19H23F2NO2. The molecule has 0 radical (unpaired) electrons. The number of hydrogen-bond acceptors (Lipinski definition) is 2. The number of rotatable bonds is 4. The Labute approximate surface area is 141 Å². The minimum absolute atomic E-state index is 0.0264. The van der Waals surface area contributed by atoms with E-state index in [0.717, 1.165) is 19.3 Å².